The van der Waals surface area contributed by atoms with Crippen molar-refractivity contribution < 1.29 is 18.0 Å². The lowest BCUT2D eigenvalue weighted by Crippen LogP contribution is -2.26. The monoisotopic (exact) mass is 287 g/mol. The predicted octanol–water partition coefficient (Wildman–Crippen LogP) is 3.44. The number of alkyl halides is 3. The van der Waals surface area contributed by atoms with Crippen LogP contribution in [0.2, 0.25) is 0 Å². The smallest absolute Gasteiger partial charge is 0.330 e. The van der Waals surface area contributed by atoms with Crippen LogP contribution in [0.3, 0.4) is 0 Å². The molecule has 1 rings (SSSR count). The van der Waals surface area contributed by atoms with Crippen LogP contribution in [0.5, 0.6) is 0 Å². The fourth-order valence-electron chi connectivity index (χ4n) is 2.09. The van der Waals surface area contributed by atoms with Gasteiger partial charge in [0.1, 0.15) is 5.78 Å². The van der Waals surface area contributed by atoms with E-state index in [1.54, 1.807) is 0 Å². The van der Waals surface area contributed by atoms with Gasteiger partial charge in [-0.2, -0.15) is 13.2 Å². The van der Waals surface area contributed by atoms with Gasteiger partial charge in [0.15, 0.2) is 0 Å². The van der Waals surface area contributed by atoms with Gasteiger partial charge in [-0.25, -0.2) is 0 Å². The second kappa shape index (κ2) is 6.88. The molecule has 2 nitrogen and oxygen atoms in total. The van der Waals surface area contributed by atoms with Gasteiger partial charge in [0.25, 0.3) is 0 Å². The fourth-order valence-corrected chi connectivity index (χ4v) is 2.09. The maximum absolute atomic E-state index is 12.4. The van der Waals surface area contributed by atoms with Gasteiger partial charge in [-0.05, 0) is 30.0 Å². The van der Waals surface area contributed by atoms with Crippen LogP contribution >= 0.6 is 0 Å². The molecule has 0 aliphatic rings. The summed E-state index contributed by atoms with van der Waals surface area (Å²) < 4.78 is 37.3. The average Bonchev–Trinajstić information content (AvgIpc) is 2.35. The predicted molar refractivity (Wildman–Crippen MR) is 72.2 cm³/mol. The van der Waals surface area contributed by atoms with Gasteiger partial charge in [-0.3, -0.25) is 4.79 Å². The summed E-state index contributed by atoms with van der Waals surface area (Å²) in [5.41, 5.74) is 5.47. The second-order valence-electron chi connectivity index (χ2n) is 5.40. The molecule has 0 fully saturated rings. The molecule has 0 saturated heterocycles. The number of rotatable bonds is 6. The molecule has 20 heavy (non-hydrogen) atoms. The largest absolute Gasteiger partial charge is 0.416 e. The molecule has 0 bridgehead atoms. The van der Waals surface area contributed by atoms with E-state index in [-0.39, 0.29) is 24.7 Å². The number of Topliss-reactive ketones (excluding diaryl/α,β-unsaturated/α-hetero) is 1. The van der Waals surface area contributed by atoms with E-state index < -0.39 is 11.7 Å². The molecule has 2 N–H and O–H groups in total. The summed E-state index contributed by atoms with van der Waals surface area (Å²) in [6, 6.07) is 4.71. The van der Waals surface area contributed by atoms with Crippen molar-refractivity contribution in [2.45, 2.75) is 32.9 Å². The minimum Gasteiger partial charge on any atom is -0.330 e. The van der Waals surface area contributed by atoms with Gasteiger partial charge in [-0.15, -0.1) is 0 Å². The maximum atomic E-state index is 12.4. The Kier molecular flexibility index (Phi) is 5.74. The summed E-state index contributed by atoms with van der Waals surface area (Å²) in [5, 5.41) is 0. The number of hydrogen-bond donors (Lipinski definition) is 1. The van der Waals surface area contributed by atoms with Crippen molar-refractivity contribution in [1.29, 1.82) is 0 Å². The van der Waals surface area contributed by atoms with Gasteiger partial charge < -0.3 is 5.73 Å². The SMILES string of the molecule is CC(C)CC(CN)C(=O)Cc1ccc(C(F)(F)F)cc1. The molecule has 5 heteroatoms. The quantitative estimate of drug-likeness (QED) is 0.871. The number of halogens is 3. The van der Waals surface area contributed by atoms with E-state index in [1.165, 1.54) is 12.1 Å². The molecule has 1 atom stereocenters. The van der Waals surface area contributed by atoms with E-state index in [1.807, 2.05) is 13.8 Å². The Balaban J connectivity index is 2.70. The summed E-state index contributed by atoms with van der Waals surface area (Å²) >= 11 is 0. The minimum absolute atomic E-state index is 0.0130. The summed E-state index contributed by atoms with van der Waals surface area (Å²) in [6.45, 7) is 4.29. The van der Waals surface area contributed by atoms with Crippen molar-refractivity contribution in [1.82, 2.24) is 0 Å². The van der Waals surface area contributed by atoms with Crippen LogP contribution in [0.4, 0.5) is 13.2 Å². The highest BCUT2D eigenvalue weighted by Gasteiger charge is 2.30. The first-order valence-electron chi connectivity index (χ1n) is 6.63. The third-order valence-corrected chi connectivity index (χ3v) is 3.16. The Labute approximate surface area is 117 Å². The van der Waals surface area contributed by atoms with Crippen molar-refractivity contribution in [3.05, 3.63) is 35.4 Å². The lowest BCUT2D eigenvalue weighted by atomic mass is 9.90. The number of hydrogen-bond acceptors (Lipinski definition) is 2. The Morgan fingerprint density at radius 2 is 1.75 bits per heavy atom. The fraction of sp³-hybridized carbons (Fsp3) is 0.533. The third kappa shape index (κ3) is 4.96. The van der Waals surface area contributed by atoms with Crippen molar-refractivity contribution in [3.63, 3.8) is 0 Å². The van der Waals surface area contributed by atoms with Crippen LogP contribution in [0.15, 0.2) is 24.3 Å². The number of carbonyl (C=O) groups excluding carboxylic acids is 1. The van der Waals surface area contributed by atoms with Crippen LogP contribution in [0.25, 0.3) is 0 Å². The first-order chi connectivity index (χ1) is 9.24. The van der Waals surface area contributed by atoms with E-state index in [0.29, 0.717) is 17.9 Å². The number of ketones is 1. The second-order valence-corrected chi connectivity index (χ2v) is 5.40. The number of nitrogens with two attached hydrogens (primary N) is 1. The number of benzene rings is 1. The molecule has 1 aromatic carbocycles. The van der Waals surface area contributed by atoms with Crippen molar-refractivity contribution in [2.24, 2.45) is 17.6 Å². The maximum Gasteiger partial charge on any atom is 0.416 e. The highest BCUT2D eigenvalue weighted by Crippen LogP contribution is 2.29. The molecule has 0 aromatic heterocycles. The van der Waals surface area contributed by atoms with Gasteiger partial charge in [0, 0.05) is 18.9 Å². The Hall–Kier alpha value is -1.36. The van der Waals surface area contributed by atoms with Gasteiger partial charge in [0.2, 0.25) is 0 Å². The van der Waals surface area contributed by atoms with E-state index in [9.17, 15) is 18.0 Å². The van der Waals surface area contributed by atoms with Crippen LogP contribution in [0, 0.1) is 11.8 Å². The molecule has 0 aliphatic carbocycles. The minimum atomic E-state index is -4.35. The highest BCUT2D eigenvalue weighted by atomic mass is 19.4. The zero-order chi connectivity index (χ0) is 15.3. The molecule has 1 aromatic rings. The standard InChI is InChI=1S/C15H20F3NO/c1-10(2)7-12(9-19)14(20)8-11-3-5-13(6-4-11)15(16,17)18/h3-6,10,12H,7-9,19H2,1-2H3. The summed E-state index contributed by atoms with van der Waals surface area (Å²) in [7, 11) is 0. The number of carbonyl (C=O) groups is 1. The molecule has 0 spiro atoms. The van der Waals surface area contributed by atoms with Crippen LogP contribution in [0.1, 0.15) is 31.4 Å². The lowest BCUT2D eigenvalue weighted by Gasteiger charge is -2.16. The third-order valence-electron chi connectivity index (χ3n) is 3.16. The molecule has 0 saturated carbocycles. The molecule has 112 valence electrons. The van der Waals surface area contributed by atoms with Crippen molar-refractivity contribution in [3.8, 4) is 0 Å². The molecule has 0 aliphatic heterocycles. The van der Waals surface area contributed by atoms with E-state index in [2.05, 4.69) is 0 Å². The molecule has 1 unspecified atom stereocenters. The Morgan fingerprint density at radius 1 is 1.20 bits per heavy atom. The van der Waals surface area contributed by atoms with E-state index >= 15 is 0 Å². The van der Waals surface area contributed by atoms with E-state index in [4.69, 9.17) is 5.73 Å². The van der Waals surface area contributed by atoms with Crippen LogP contribution in [-0.4, -0.2) is 12.3 Å². The first-order valence-corrected chi connectivity index (χ1v) is 6.63. The summed E-state index contributed by atoms with van der Waals surface area (Å²) in [6.07, 6.45) is -3.51. The summed E-state index contributed by atoms with van der Waals surface area (Å²) in [4.78, 5) is 12.1. The van der Waals surface area contributed by atoms with E-state index in [0.717, 1.165) is 12.1 Å². The summed E-state index contributed by atoms with van der Waals surface area (Å²) in [5.74, 6) is 0.123. The zero-order valence-corrected chi connectivity index (χ0v) is 11.7. The highest BCUT2D eigenvalue weighted by molar-refractivity contribution is 5.83. The van der Waals surface area contributed by atoms with Crippen molar-refractivity contribution >= 4 is 5.78 Å². The molecular weight excluding hydrogens is 267 g/mol. The molecule has 0 radical (unpaired) electrons. The Bertz CT molecular complexity index is 437. The average molecular weight is 287 g/mol. The molecular formula is C15H20F3NO. The van der Waals surface area contributed by atoms with Gasteiger partial charge in [-0.1, -0.05) is 26.0 Å². The van der Waals surface area contributed by atoms with Gasteiger partial charge >= 0.3 is 6.18 Å². The van der Waals surface area contributed by atoms with Gasteiger partial charge in [0.05, 0.1) is 5.56 Å². The van der Waals surface area contributed by atoms with Crippen LogP contribution in [-0.2, 0) is 17.4 Å². The first kappa shape index (κ1) is 16.7. The Morgan fingerprint density at radius 3 is 2.15 bits per heavy atom. The zero-order valence-electron chi connectivity index (χ0n) is 11.7. The van der Waals surface area contributed by atoms with Crippen molar-refractivity contribution in [2.75, 3.05) is 6.54 Å². The molecule has 0 amide bonds. The molecule has 0 heterocycles. The van der Waals surface area contributed by atoms with Crippen LogP contribution < -0.4 is 5.73 Å². The topological polar surface area (TPSA) is 43.1 Å². The lowest BCUT2D eigenvalue weighted by molar-refractivity contribution is -0.137. The normalized spacial score (nSPS) is 13.6.